The first kappa shape index (κ1) is 25.4. The van der Waals surface area contributed by atoms with E-state index in [1.165, 1.54) is 0 Å². The lowest BCUT2D eigenvalue weighted by Gasteiger charge is -2.38. The molecule has 2 heterocycles. The van der Waals surface area contributed by atoms with Gasteiger partial charge in [-0.1, -0.05) is 119 Å². The second-order valence-electron chi connectivity index (χ2n) is 6.01. The summed E-state index contributed by atoms with van der Waals surface area (Å²) in [6, 6.07) is 0. The van der Waals surface area contributed by atoms with Gasteiger partial charge in [0, 0.05) is 0 Å². The number of rotatable bonds is 12. The molecule has 2 aliphatic heterocycles. The average Bonchev–Trinajstić information content (AvgIpc) is 3.28. The predicted molar refractivity (Wildman–Crippen MR) is 108 cm³/mol. The van der Waals surface area contributed by atoms with Crippen molar-refractivity contribution in [1.82, 2.24) is 0 Å². The molecule has 0 aromatic carbocycles. The molecule has 4 atom stereocenters. The Labute approximate surface area is 197 Å². The van der Waals surface area contributed by atoms with E-state index >= 15 is 0 Å². The van der Waals surface area contributed by atoms with Gasteiger partial charge in [0.05, 0.1) is 13.2 Å². The zero-order valence-electron chi connectivity index (χ0n) is 14.3. The predicted octanol–water partition coefficient (Wildman–Crippen LogP) is 6.62. The van der Waals surface area contributed by atoms with Gasteiger partial charge in [0.1, 0.15) is 0 Å². The van der Waals surface area contributed by atoms with Crippen molar-refractivity contribution < 1.29 is 23.7 Å². The minimum atomic E-state index is -2.31. The Morgan fingerprint density at radius 3 is 1.22 bits per heavy atom. The van der Waals surface area contributed by atoms with Gasteiger partial charge >= 0.3 is 10.5 Å². The van der Waals surface area contributed by atoms with Gasteiger partial charge in [0.2, 0.25) is 0 Å². The number of unbranched alkanes of at least 4 members (excludes halogenated alkanes) is 2. The molecular formula is C14H18Cl8O5. The fourth-order valence-electron chi connectivity index (χ4n) is 2.01. The molecule has 4 unspecified atom stereocenters. The molecule has 2 saturated heterocycles. The van der Waals surface area contributed by atoms with Crippen molar-refractivity contribution in [3.05, 3.63) is 0 Å². The number of hydrogen-bond donors (Lipinski definition) is 0. The fraction of sp³-hybridized carbons (Fsp3) is 1.00. The van der Waals surface area contributed by atoms with Crippen LogP contribution in [0.15, 0.2) is 0 Å². The van der Waals surface area contributed by atoms with Crippen molar-refractivity contribution in [3.8, 4) is 0 Å². The quantitative estimate of drug-likeness (QED) is 0.119. The Morgan fingerprint density at radius 1 is 0.704 bits per heavy atom. The Balaban J connectivity index is 2.30. The van der Waals surface area contributed by atoms with E-state index in [1.807, 2.05) is 13.8 Å². The van der Waals surface area contributed by atoms with E-state index in [1.54, 1.807) is 0 Å². The monoisotopic (exact) mass is 546 g/mol. The summed E-state index contributed by atoms with van der Waals surface area (Å²) in [5, 5.41) is -8.65. The highest BCUT2D eigenvalue weighted by molar-refractivity contribution is 6.57. The van der Waals surface area contributed by atoms with Crippen molar-refractivity contribution in [2.75, 3.05) is 13.2 Å². The standard InChI is InChI=1S/C14H18Cl8O5/c1-3-5-7-23-13(21,9(15)11(17,18)25-9)27-14(22,24-8-6-4-2)10(16)12(19,20)26-10/h3-8H2,1-2H3. The van der Waals surface area contributed by atoms with Crippen LogP contribution in [0.1, 0.15) is 39.5 Å². The summed E-state index contributed by atoms with van der Waals surface area (Å²) >= 11 is 49.4. The van der Waals surface area contributed by atoms with E-state index in [2.05, 4.69) is 0 Å². The lowest BCUT2D eigenvalue weighted by Crippen LogP contribution is -2.55. The molecule has 0 bridgehead atoms. The first-order valence-corrected chi connectivity index (χ1v) is 11.2. The normalized spacial score (nSPS) is 35.3. The third-order valence-corrected chi connectivity index (χ3v) is 7.85. The largest absolute Gasteiger partial charge is 0.334 e. The molecule has 0 N–H and O–H groups in total. The van der Waals surface area contributed by atoms with Crippen LogP contribution in [0.4, 0.5) is 0 Å². The molecule has 0 aliphatic carbocycles. The van der Waals surface area contributed by atoms with E-state index in [-0.39, 0.29) is 13.2 Å². The fourth-order valence-corrected chi connectivity index (χ4v) is 4.50. The number of hydrogen-bond acceptors (Lipinski definition) is 5. The summed E-state index contributed by atoms with van der Waals surface area (Å²) in [5.41, 5.74) is 0. The van der Waals surface area contributed by atoms with Gasteiger partial charge in [-0.3, -0.25) is 4.74 Å². The van der Waals surface area contributed by atoms with Crippen LogP contribution in [0.2, 0.25) is 0 Å². The zero-order valence-corrected chi connectivity index (χ0v) is 20.4. The highest BCUT2D eigenvalue weighted by atomic mass is 35.5. The summed E-state index contributed by atoms with van der Waals surface area (Å²) < 4.78 is 23.2. The van der Waals surface area contributed by atoms with Crippen molar-refractivity contribution in [3.63, 3.8) is 0 Å². The average molecular weight is 550 g/mol. The topological polar surface area (TPSA) is 52.8 Å². The molecule has 0 saturated carbocycles. The first-order chi connectivity index (χ1) is 12.2. The number of halogens is 8. The van der Waals surface area contributed by atoms with E-state index in [9.17, 15) is 0 Å². The van der Waals surface area contributed by atoms with Gasteiger partial charge in [0.15, 0.2) is 0 Å². The van der Waals surface area contributed by atoms with Gasteiger partial charge in [0.25, 0.3) is 19.2 Å². The third-order valence-electron chi connectivity index (χ3n) is 3.80. The molecule has 0 aromatic rings. The molecule has 2 aliphatic rings. The number of epoxide rings is 2. The summed E-state index contributed by atoms with van der Waals surface area (Å²) in [6.07, 6.45) is 2.83. The van der Waals surface area contributed by atoms with Gasteiger partial charge in [-0.2, -0.15) is 0 Å². The minimum Gasteiger partial charge on any atom is -0.334 e. The lowest BCUT2D eigenvalue weighted by atomic mass is 10.3. The second-order valence-corrected chi connectivity index (χ2v) is 10.6. The second kappa shape index (κ2) is 8.57. The molecule has 0 amide bonds. The molecule has 5 nitrogen and oxygen atoms in total. The maximum atomic E-state index is 6.49. The van der Waals surface area contributed by atoms with Crippen LogP contribution in [0, 0.1) is 0 Å². The molecular weight excluding hydrogens is 532 g/mol. The van der Waals surface area contributed by atoms with Crippen molar-refractivity contribution in [2.45, 2.75) is 69.2 Å². The van der Waals surface area contributed by atoms with Crippen molar-refractivity contribution >= 4 is 92.8 Å². The molecule has 0 radical (unpaired) electrons. The molecule has 13 heteroatoms. The SMILES string of the molecule is CCCCOC(Cl)(OC(Cl)(OCCCC)C1(Cl)OC1(Cl)Cl)C1(Cl)OC1(Cl)Cl. The maximum Gasteiger partial charge on any atom is 0.302 e. The van der Waals surface area contributed by atoms with E-state index in [4.69, 9.17) is 116 Å². The van der Waals surface area contributed by atoms with Gasteiger partial charge in [-0.15, -0.1) is 0 Å². The van der Waals surface area contributed by atoms with Crippen molar-refractivity contribution in [2.24, 2.45) is 0 Å². The highest BCUT2D eigenvalue weighted by Gasteiger charge is 2.87. The third kappa shape index (κ3) is 4.67. The van der Waals surface area contributed by atoms with Crippen LogP contribution >= 0.6 is 92.8 Å². The summed E-state index contributed by atoms with van der Waals surface area (Å²) in [6.45, 7) is 4.12. The first-order valence-electron chi connectivity index (χ1n) is 8.14. The Hall–Kier alpha value is 2.12. The van der Waals surface area contributed by atoms with Crippen LogP contribution in [0.25, 0.3) is 0 Å². The van der Waals surface area contributed by atoms with Crippen LogP contribution < -0.4 is 0 Å². The minimum absolute atomic E-state index is 0.118. The van der Waals surface area contributed by atoms with E-state index in [0.29, 0.717) is 12.8 Å². The van der Waals surface area contributed by atoms with Crippen molar-refractivity contribution in [1.29, 1.82) is 0 Å². The van der Waals surface area contributed by atoms with Crippen LogP contribution in [-0.4, -0.2) is 42.9 Å². The molecule has 160 valence electrons. The Kier molecular flexibility index (Phi) is 8.06. The Morgan fingerprint density at radius 2 is 1.00 bits per heavy atom. The summed E-state index contributed by atoms with van der Waals surface area (Å²) in [7, 11) is 0. The smallest absolute Gasteiger partial charge is 0.302 e. The molecule has 27 heavy (non-hydrogen) atoms. The highest BCUT2D eigenvalue weighted by Crippen LogP contribution is 2.70. The Bertz CT molecular complexity index is 508. The maximum absolute atomic E-state index is 6.49. The van der Waals surface area contributed by atoms with E-state index < -0.39 is 29.7 Å². The summed E-state index contributed by atoms with van der Waals surface area (Å²) in [5.74, 6) is 0. The number of ether oxygens (including phenoxy) is 5. The van der Waals surface area contributed by atoms with Gasteiger partial charge < -0.3 is 18.9 Å². The van der Waals surface area contributed by atoms with Crippen LogP contribution in [0.3, 0.4) is 0 Å². The summed E-state index contributed by atoms with van der Waals surface area (Å²) in [4.78, 5) is 0. The molecule has 0 aromatic heterocycles. The zero-order chi connectivity index (χ0) is 20.8. The lowest BCUT2D eigenvalue weighted by molar-refractivity contribution is -0.311. The van der Waals surface area contributed by atoms with Gasteiger partial charge in [-0.05, 0) is 12.8 Å². The molecule has 2 rings (SSSR count). The van der Waals surface area contributed by atoms with E-state index in [0.717, 1.165) is 12.8 Å². The molecule has 0 spiro atoms. The number of alkyl halides is 8. The van der Waals surface area contributed by atoms with Gasteiger partial charge in [-0.25, -0.2) is 0 Å². The van der Waals surface area contributed by atoms with Crippen LogP contribution in [0.5, 0.6) is 0 Å². The van der Waals surface area contributed by atoms with Crippen LogP contribution in [-0.2, 0) is 23.7 Å². The molecule has 2 fully saturated rings.